The zero-order valence-corrected chi connectivity index (χ0v) is 13.1. The summed E-state index contributed by atoms with van der Waals surface area (Å²) in [5, 5.41) is 25.0. The van der Waals surface area contributed by atoms with E-state index >= 15 is 0 Å². The lowest BCUT2D eigenvalue weighted by molar-refractivity contribution is -0.387. The number of unbranched alkanes of at least 4 members (excludes halogenated alkanes) is 5. The number of hydrogen-bond donors (Lipinski definition) is 1. The van der Waals surface area contributed by atoms with Crippen LogP contribution in [0.25, 0.3) is 4.96 Å². The summed E-state index contributed by atoms with van der Waals surface area (Å²) >= 11 is 1.17. The molecule has 8 nitrogen and oxygen atoms in total. The maximum Gasteiger partial charge on any atom is 0.397 e. The standard InChI is InChI=1S/C13H18N4O4S/c1-2-3-4-5-6-7-8-9-15-16-12(19)10(17(20)21)11(18)14-13(16)22-9/h18H,2-8H2,1H3. The molecule has 2 heterocycles. The molecular weight excluding hydrogens is 308 g/mol. The van der Waals surface area contributed by atoms with Gasteiger partial charge in [-0.25, -0.2) is 0 Å². The average molecular weight is 326 g/mol. The predicted octanol–water partition coefficient (Wildman–Crippen LogP) is 2.67. The molecule has 0 saturated heterocycles. The van der Waals surface area contributed by atoms with Crippen LogP contribution in [0.5, 0.6) is 5.88 Å². The molecule has 0 atom stereocenters. The van der Waals surface area contributed by atoms with Gasteiger partial charge < -0.3 is 5.11 Å². The van der Waals surface area contributed by atoms with Crippen LogP contribution in [0.3, 0.4) is 0 Å². The van der Waals surface area contributed by atoms with Crippen molar-refractivity contribution < 1.29 is 10.0 Å². The van der Waals surface area contributed by atoms with Crippen molar-refractivity contribution >= 4 is 22.0 Å². The first-order chi connectivity index (χ1) is 10.5. The van der Waals surface area contributed by atoms with Gasteiger partial charge in [0.15, 0.2) is 0 Å². The molecule has 0 unspecified atom stereocenters. The lowest BCUT2D eigenvalue weighted by Crippen LogP contribution is -2.18. The lowest BCUT2D eigenvalue weighted by atomic mass is 10.1. The number of aromatic hydroxyl groups is 1. The van der Waals surface area contributed by atoms with Crippen LogP contribution in [0.1, 0.15) is 50.5 Å². The van der Waals surface area contributed by atoms with E-state index in [-0.39, 0.29) is 4.96 Å². The highest BCUT2D eigenvalue weighted by molar-refractivity contribution is 7.16. The fraction of sp³-hybridized carbons (Fsp3) is 0.615. The molecule has 2 rings (SSSR count). The van der Waals surface area contributed by atoms with Crippen molar-refractivity contribution in [1.29, 1.82) is 0 Å². The third-order valence-electron chi connectivity index (χ3n) is 3.34. The normalized spacial score (nSPS) is 11.1. The van der Waals surface area contributed by atoms with E-state index in [0.29, 0.717) is 11.4 Å². The Morgan fingerprint density at radius 2 is 1.95 bits per heavy atom. The summed E-state index contributed by atoms with van der Waals surface area (Å²) in [5.41, 5.74) is -1.88. The van der Waals surface area contributed by atoms with Gasteiger partial charge in [0.05, 0.1) is 4.92 Å². The van der Waals surface area contributed by atoms with E-state index in [1.54, 1.807) is 0 Å². The largest absolute Gasteiger partial charge is 0.488 e. The molecule has 2 aromatic rings. The second kappa shape index (κ2) is 7.30. The van der Waals surface area contributed by atoms with Crippen molar-refractivity contribution in [2.45, 2.75) is 51.9 Å². The summed E-state index contributed by atoms with van der Waals surface area (Å²) in [6, 6.07) is 0. The molecule has 22 heavy (non-hydrogen) atoms. The van der Waals surface area contributed by atoms with Gasteiger partial charge in [0.25, 0.3) is 0 Å². The molecule has 0 aliphatic carbocycles. The van der Waals surface area contributed by atoms with Crippen LogP contribution in [0, 0.1) is 10.1 Å². The Bertz CT molecular complexity index is 725. The van der Waals surface area contributed by atoms with Crippen molar-refractivity contribution in [3.05, 3.63) is 25.5 Å². The molecule has 0 aliphatic heterocycles. The first kappa shape index (κ1) is 16.3. The number of rotatable bonds is 8. The third-order valence-corrected chi connectivity index (χ3v) is 4.31. The molecule has 0 fully saturated rings. The van der Waals surface area contributed by atoms with Crippen molar-refractivity contribution in [3.8, 4) is 5.88 Å². The lowest BCUT2D eigenvalue weighted by Gasteiger charge is -1.98. The highest BCUT2D eigenvalue weighted by Crippen LogP contribution is 2.22. The van der Waals surface area contributed by atoms with Crippen LogP contribution in [-0.2, 0) is 6.42 Å². The van der Waals surface area contributed by atoms with E-state index < -0.39 is 22.0 Å². The summed E-state index contributed by atoms with van der Waals surface area (Å²) in [7, 11) is 0. The monoisotopic (exact) mass is 326 g/mol. The van der Waals surface area contributed by atoms with Crippen LogP contribution >= 0.6 is 11.3 Å². The van der Waals surface area contributed by atoms with Crippen LogP contribution in [0.2, 0.25) is 0 Å². The fourth-order valence-electron chi connectivity index (χ4n) is 2.18. The summed E-state index contributed by atoms with van der Waals surface area (Å²) in [4.78, 5) is 25.6. The minimum atomic E-state index is -0.946. The van der Waals surface area contributed by atoms with Crippen LogP contribution in [0.15, 0.2) is 4.79 Å². The molecule has 0 amide bonds. The Morgan fingerprint density at radius 3 is 2.64 bits per heavy atom. The van der Waals surface area contributed by atoms with Crippen LogP contribution < -0.4 is 5.56 Å². The van der Waals surface area contributed by atoms with Gasteiger partial charge in [0, 0.05) is 6.42 Å². The molecule has 9 heteroatoms. The maximum absolute atomic E-state index is 11.9. The second-order valence-electron chi connectivity index (χ2n) is 5.05. The Kier molecular flexibility index (Phi) is 5.42. The van der Waals surface area contributed by atoms with E-state index in [0.717, 1.165) is 17.4 Å². The van der Waals surface area contributed by atoms with Gasteiger partial charge in [-0.05, 0) is 6.42 Å². The fourth-order valence-corrected chi connectivity index (χ4v) is 3.10. The number of aromatic nitrogens is 3. The Hall–Kier alpha value is -2.03. The number of aryl methyl sites for hydroxylation is 1. The van der Waals surface area contributed by atoms with Gasteiger partial charge in [0.2, 0.25) is 4.96 Å². The van der Waals surface area contributed by atoms with Gasteiger partial charge >= 0.3 is 17.1 Å². The van der Waals surface area contributed by atoms with Crippen molar-refractivity contribution in [2.75, 3.05) is 0 Å². The second-order valence-corrected chi connectivity index (χ2v) is 6.09. The zero-order chi connectivity index (χ0) is 16.1. The van der Waals surface area contributed by atoms with Crippen molar-refractivity contribution in [1.82, 2.24) is 14.6 Å². The van der Waals surface area contributed by atoms with E-state index in [4.69, 9.17) is 0 Å². The predicted molar refractivity (Wildman–Crippen MR) is 82.5 cm³/mol. The maximum atomic E-state index is 11.9. The molecule has 0 saturated carbocycles. The quantitative estimate of drug-likeness (QED) is 0.453. The van der Waals surface area contributed by atoms with Crippen LogP contribution in [0.4, 0.5) is 5.69 Å². The number of nitro groups is 1. The molecule has 120 valence electrons. The summed E-state index contributed by atoms with van der Waals surface area (Å²) < 4.78 is 0.898. The summed E-state index contributed by atoms with van der Waals surface area (Å²) in [5.74, 6) is -0.857. The summed E-state index contributed by atoms with van der Waals surface area (Å²) in [6.07, 6.45) is 7.57. The minimum Gasteiger partial charge on any atom is -0.488 e. The molecule has 0 aliphatic rings. The van der Waals surface area contributed by atoms with E-state index in [9.17, 15) is 20.0 Å². The summed E-state index contributed by atoms with van der Waals surface area (Å²) in [6.45, 7) is 2.17. The Labute approximate surface area is 130 Å². The molecule has 1 N–H and O–H groups in total. The molecule has 2 aromatic heterocycles. The van der Waals surface area contributed by atoms with E-state index in [2.05, 4.69) is 17.0 Å². The van der Waals surface area contributed by atoms with Gasteiger partial charge in [-0.2, -0.15) is 14.6 Å². The number of nitrogens with zero attached hydrogens (tertiary/aromatic N) is 4. The Balaban J connectivity index is 2.09. The zero-order valence-electron chi connectivity index (χ0n) is 12.3. The Morgan fingerprint density at radius 1 is 1.27 bits per heavy atom. The smallest absolute Gasteiger partial charge is 0.397 e. The SMILES string of the molecule is CCCCCCCCc1nn2c(=O)c([N+](=O)[O-])c(O)nc2s1. The minimum absolute atomic E-state index is 0.175. The van der Waals surface area contributed by atoms with Crippen LogP contribution in [-0.4, -0.2) is 24.6 Å². The number of hydrogen-bond acceptors (Lipinski definition) is 7. The third kappa shape index (κ3) is 3.59. The number of fused-ring (bicyclic) bond motifs is 1. The molecular formula is C13H18N4O4S. The average Bonchev–Trinajstić information content (AvgIpc) is 2.85. The van der Waals surface area contributed by atoms with Gasteiger partial charge in [-0.1, -0.05) is 50.4 Å². The molecule has 0 bridgehead atoms. The first-order valence-electron chi connectivity index (χ1n) is 7.30. The van der Waals surface area contributed by atoms with E-state index in [1.807, 2.05) is 0 Å². The van der Waals surface area contributed by atoms with Crippen molar-refractivity contribution in [3.63, 3.8) is 0 Å². The van der Waals surface area contributed by atoms with Crippen molar-refractivity contribution in [2.24, 2.45) is 0 Å². The highest BCUT2D eigenvalue weighted by Gasteiger charge is 2.25. The first-order valence-corrected chi connectivity index (χ1v) is 8.12. The van der Waals surface area contributed by atoms with Gasteiger partial charge in [-0.3, -0.25) is 14.9 Å². The highest BCUT2D eigenvalue weighted by atomic mass is 32.1. The van der Waals surface area contributed by atoms with Gasteiger partial charge in [-0.15, -0.1) is 0 Å². The van der Waals surface area contributed by atoms with E-state index in [1.165, 1.54) is 37.0 Å². The topological polar surface area (TPSA) is 111 Å². The molecule has 0 spiro atoms. The molecule has 0 aromatic carbocycles. The van der Waals surface area contributed by atoms with Gasteiger partial charge in [0.1, 0.15) is 5.01 Å². The molecule has 0 radical (unpaired) electrons.